The van der Waals surface area contributed by atoms with Crippen molar-refractivity contribution in [2.45, 2.75) is 46.8 Å². The number of morpholine rings is 1. The lowest BCUT2D eigenvalue weighted by molar-refractivity contribution is 0.0358. The van der Waals surface area contributed by atoms with Crippen LogP contribution in [0, 0.1) is 13.8 Å². The molecule has 0 spiro atoms. The highest BCUT2D eigenvalue weighted by molar-refractivity contribution is 5.24. The van der Waals surface area contributed by atoms with Crippen molar-refractivity contribution < 1.29 is 4.74 Å². The van der Waals surface area contributed by atoms with Crippen LogP contribution in [0.25, 0.3) is 0 Å². The molecule has 1 aliphatic rings. The minimum atomic E-state index is 0.869. The van der Waals surface area contributed by atoms with Gasteiger partial charge in [-0.2, -0.15) is 5.10 Å². The first-order chi connectivity index (χ1) is 13.2. The van der Waals surface area contributed by atoms with Crippen LogP contribution in [0.15, 0.2) is 24.5 Å². The van der Waals surface area contributed by atoms with E-state index < -0.39 is 0 Å². The monoisotopic (exact) mass is 371 g/mol. The molecule has 148 valence electrons. The number of ether oxygens (including phenoxy) is 1. The first-order valence-electron chi connectivity index (χ1n) is 10.1. The molecule has 0 saturated carbocycles. The number of nitrogens with zero attached hydrogens (tertiary/aromatic N) is 5. The molecular formula is C21H33N5O. The van der Waals surface area contributed by atoms with E-state index in [0.29, 0.717) is 0 Å². The number of hydrogen-bond acceptors (Lipinski definition) is 5. The maximum Gasteiger partial charge on any atom is 0.0641 e. The van der Waals surface area contributed by atoms with Crippen molar-refractivity contribution in [3.8, 4) is 0 Å². The summed E-state index contributed by atoms with van der Waals surface area (Å²) in [7, 11) is 0. The Morgan fingerprint density at radius 2 is 2.00 bits per heavy atom. The van der Waals surface area contributed by atoms with E-state index in [2.05, 4.69) is 46.3 Å². The summed E-state index contributed by atoms with van der Waals surface area (Å²) in [5.41, 5.74) is 5.08. The first kappa shape index (κ1) is 20.0. The number of hydrogen-bond donors (Lipinski definition) is 0. The van der Waals surface area contributed by atoms with E-state index in [1.807, 2.05) is 18.5 Å². The van der Waals surface area contributed by atoms with Crippen molar-refractivity contribution in [3.05, 3.63) is 47.0 Å². The van der Waals surface area contributed by atoms with Crippen molar-refractivity contribution >= 4 is 0 Å². The van der Waals surface area contributed by atoms with Crippen molar-refractivity contribution in [1.29, 1.82) is 0 Å². The molecule has 1 saturated heterocycles. The van der Waals surface area contributed by atoms with Gasteiger partial charge < -0.3 is 4.74 Å². The third-order valence-electron chi connectivity index (χ3n) is 5.39. The standard InChI is InChI=1S/C21H33N5O/c1-4-26-19(3)21(18(2)23-26)17-25(16-20-7-5-8-22-15-20)10-6-9-24-11-13-27-14-12-24/h5,7-8,15H,4,6,9-14,16-17H2,1-3H3. The van der Waals surface area contributed by atoms with Crippen LogP contribution in [-0.4, -0.2) is 64.0 Å². The van der Waals surface area contributed by atoms with Crippen molar-refractivity contribution in [1.82, 2.24) is 24.6 Å². The van der Waals surface area contributed by atoms with E-state index in [9.17, 15) is 0 Å². The van der Waals surface area contributed by atoms with Crippen LogP contribution in [0.1, 0.15) is 35.9 Å². The molecule has 0 radical (unpaired) electrons. The van der Waals surface area contributed by atoms with Gasteiger partial charge in [0.15, 0.2) is 0 Å². The van der Waals surface area contributed by atoms with Gasteiger partial charge in [-0.1, -0.05) is 6.07 Å². The topological polar surface area (TPSA) is 46.4 Å². The van der Waals surface area contributed by atoms with Gasteiger partial charge in [-0.05, 0) is 45.4 Å². The van der Waals surface area contributed by atoms with E-state index in [0.717, 1.165) is 64.7 Å². The summed E-state index contributed by atoms with van der Waals surface area (Å²) in [6, 6.07) is 4.18. The molecular weight excluding hydrogens is 338 g/mol. The smallest absolute Gasteiger partial charge is 0.0641 e. The Morgan fingerprint density at radius 3 is 2.67 bits per heavy atom. The van der Waals surface area contributed by atoms with E-state index in [1.54, 1.807) is 0 Å². The third-order valence-corrected chi connectivity index (χ3v) is 5.39. The van der Waals surface area contributed by atoms with Gasteiger partial charge in [-0.25, -0.2) is 0 Å². The predicted octanol–water partition coefficient (Wildman–Crippen LogP) is 2.64. The van der Waals surface area contributed by atoms with Gasteiger partial charge in [0.25, 0.3) is 0 Å². The fourth-order valence-corrected chi connectivity index (χ4v) is 3.80. The Balaban J connectivity index is 1.64. The second-order valence-electron chi connectivity index (χ2n) is 7.34. The van der Waals surface area contributed by atoms with E-state index in [4.69, 9.17) is 9.84 Å². The van der Waals surface area contributed by atoms with Gasteiger partial charge in [0.1, 0.15) is 0 Å². The van der Waals surface area contributed by atoms with Crippen LogP contribution in [0.5, 0.6) is 0 Å². The zero-order valence-corrected chi connectivity index (χ0v) is 17.0. The molecule has 3 heterocycles. The quantitative estimate of drug-likeness (QED) is 0.678. The molecule has 0 amide bonds. The van der Waals surface area contributed by atoms with Crippen LogP contribution in [0.3, 0.4) is 0 Å². The molecule has 6 nitrogen and oxygen atoms in total. The molecule has 1 aliphatic heterocycles. The summed E-state index contributed by atoms with van der Waals surface area (Å²) in [6.07, 6.45) is 4.98. The molecule has 2 aromatic rings. The normalized spacial score (nSPS) is 15.6. The molecule has 27 heavy (non-hydrogen) atoms. The second kappa shape index (κ2) is 9.97. The van der Waals surface area contributed by atoms with Crippen LogP contribution >= 0.6 is 0 Å². The predicted molar refractivity (Wildman–Crippen MR) is 108 cm³/mol. The Labute approximate surface area is 163 Å². The molecule has 6 heteroatoms. The van der Waals surface area contributed by atoms with Gasteiger partial charge in [-0.3, -0.25) is 19.5 Å². The van der Waals surface area contributed by atoms with Crippen molar-refractivity contribution in [3.63, 3.8) is 0 Å². The summed E-state index contributed by atoms with van der Waals surface area (Å²) in [5.74, 6) is 0. The SMILES string of the molecule is CCn1nc(C)c(CN(CCCN2CCOCC2)Cc2cccnc2)c1C. The molecule has 0 bridgehead atoms. The number of rotatable bonds is 9. The van der Waals surface area contributed by atoms with Crippen LogP contribution in [-0.2, 0) is 24.4 Å². The molecule has 3 rings (SSSR count). The first-order valence-corrected chi connectivity index (χ1v) is 10.1. The van der Waals surface area contributed by atoms with Gasteiger partial charge in [0, 0.05) is 62.9 Å². The van der Waals surface area contributed by atoms with Gasteiger partial charge >= 0.3 is 0 Å². The highest BCUT2D eigenvalue weighted by Gasteiger charge is 2.16. The summed E-state index contributed by atoms with van der Waals surface area (Å²) in [6.45, 7) is 15.3. The van der Waals surface area contributed by atoms with Crippen molar-refractivity contribution in [2.24, 2.45) is 0 Å². The summed E-state index contributed by atoms with van der Waals surface area (Å²) < 4.78 is 7.57. The molecule has 0 aliphatic carbocycles. The second-order valence-corrected chi connectivity index (χ2v) is 7.34. The third kappa shape index (κ3) is 5.61. The maximum absolute atomic E-state index is 5.46. The zero-order valence-electron chi connectivity index (χ0n) is 17.0. The molecule has 0 atom stereocenters. The maximum atomic E-state index is 5.46. The highest BCUT2D eigenvalue weighted by atomic mass is 16.5. The van der Waals surface area contributed by atoms with Gasteiger partial charge in [0.05, 0.1) is 18.9 Å². The lowest BCUT2D eigenvalue weighted by atomic mass is 10.1. The summed E-state index contributed by atoms with van der Waals surface area (Å²) >= 11 is 0. The molecule has 0 N–H and O–H groups in total. The minimum Gasteiger partial charge on any atom is -0.379 e. The highest BCUT2D eigenvalue weighted by Crippen LogP contribution is 2.17. The summed E-state index contributed by atoms with van der Waals surface area (Å²) in [4.78, 5) is 9.33. The Morgan fingerprint density at radius 1 is 1.19 bits per heavy atom. The zero-order chi connectivity index (χ0) is 19.1. The fraction of sp³-hybridized carbons (Fsp3) is 0.619. The van der Waals surface area contributed by atoms with Crippen LogP contribution < -0.4 is 0 Å². The molecule has 0 unspecified atom stereocenters. The average molecular weight is 372 g/mol. The minimum absolute atomic E-state index is 0.869. The van der Waals surface area contributed by atoms with Crippen LogP contribution in [0.4, 0.5) is 0 Å². The molecule has 0 aromatic carbocycles. The largest absolute Gasteiger partial charge is 0.379 e. The Kier molecular flexibility index (Phi) is 7.38. The average Bonchev–Trinajstić information content (AvgIpc) is 2.97. The summed E-state index contributed by atoms with van der Waals surface area (Å²) in [5, 5.41) is 4.70. The van der Waals surface area contributed by atoms with E-state index in [1.165, 1.54) is 23.2 Å². The fourth-order valence-electron chi connectivity index (χ4n) is 3.80. The molecule has 2 aromatic heterocycles. The lowest BCUT2D eigenvalue weighted by Gasteiger charge is -2.28. The van der Waals surface area contributed by atoms with Gasteiger partial charge in [-0.15, -0.1) is 0 Å². The van der Waals surface area contributed by atoms with Crippen molar-refractivity contribution in [2.75, 3.05) is 39.4 Å². The van der Waals surface area contributed by atoms with E-state index in [-0.39, 0.29) is 0 Å². The number of aromatic nitrogens is 3. The lowest BCUT2D eigenvalue weighted by Crippen LogP contribution is -2.38. The number of pyridine rings is 1. The number of aryl methyl sites for hydroxylation is 2. The Hall–Kier alpha value is -1.76. The van der Waals surface area contributed by atoms with E-state index >= 15 is 0 Å². The van der Waals surface area contributed by atoms with Crippen LogP contribution in [0.2, 0.25) is 0 Å². The molecule has 1 fully saturated rings. The Bertz CT molecular complexity index is 694. The van der Waals surface area contributed by atoms with Gasteiger partial charge in [0.2, 0.25) is 0 Å².